The van der Waals surface area contributed by atoms with Crippen molar-refractivity contribution < 1.29 is 13.3 Å². The van der Waals surface area contributed by atoms with Crippen LogP contribution in [-0.4, -0.2) is 19.6 Å². The van der Waals surface area contributed by atoms with Crippen molar-refractivity contribution in [1.82, 2.24) is 0 Å². The first-order valence-corrected chi connectivity index (χ1v) is 12.0. The number of hydrazone groups is 1. The Balaban J connectivity index is 1.56. The summed E-state index contributed by atoms with van der Waals surface area (Å²) in [5.74, 6) is 0. The maximum Gasteiger partial charge on any atom is 0.295 e. The number of rotatable bonds is 8. The minimum Gasteiger partial charge on any atom is -0.311 e. The van der Waals surface area contributed by atoms with E-state index in [0.717, 1.165) is 28.7 Å². The Labute approximate surface area is 202 Å². The van der Waals surface area contributed by atoms with E-state index in [1.807, 2.05) is 84.9 Å². The summed E-state index contributed by atoms with van der Waals surface area (Å²) in [5, 5.41) is 20.5. The zero-order chi connectivity index (χ0) is 24.8. The molecule has 0 aliphatic heterocycles. The Bertz CT molecular complexity index is 1420. The van der Waals surface area contributed by atoms with Crippen molar-refractivity contribution in [3.05, 3.63) is 119 Å². The van der Waals surface area contributed by atoms with Gasteiger partial charge in [-0.05, 0) is 54.1 Å². The van der Waals surface area contributed by atoms with Crippen molar-refractivity contribution >= 4 is 44.7 Å². The molecule has 3 N–H and O–H groups in total. The fourth-order valence-corrected chi connectivity index (χ4v) is 3.95. The van der Waals surface area contributed by atoms with Crippen LogP contribution in [0.3, 0.4) is 0 Å². The van der Waals surface area contributed by atoms with Crippen molar-refractivity contribution in [1.29, 1.82) is 0 Å². The molecule has 0 radical (unpaired) electrons. The van der Waals surface area contributed by atoms with Crippen LogP contribution in [0.4, 0.5) is 28.4 Å². The largest absolute Gasteiger partial charge is 0.311 e. The third kappa shape index (κ3) is 5.69. The van der Waals surface area contributed by atoms with Gasteiger partial charge in [-0.1, -0.05) is 48.5 Å². The van der Waals surface area contributed by atoms with E-state index in [4.69, 9.17) is 5.14 Å². The summed E-state index contributed by atoms with van der Waals surface area (Å²) in [6.07, 6.45) is 1.51. The van der Waals surface area contributed by atoms with Gasteiger partial charge in [-0.25, -0.2) is 13.6 Å². The summed E-state index contributed by atoms with van der Waals surface area (Å²) in [6, 6.07) is 30.9. The van der Waals surface area contributed by atoms with Gasteiger partial charge in [0.2, 0.25) is 10.0 Å². The first-order chi connectivity index (χ1) is 16.8. The fraction of sp³-hybridized carbons (Fsp3) is 0. The Morgan fingerprint density at radius 2 is 1.37 bits per heavy atom. The molecule has 0 fully saturated rings. The molecule has 4 rings (SSSR count). The van der Waals surface area contributed by atoms with Crippen molar-refractivity contribution in [2.45, 2.75) is 4.90 Å². The van der Waals surface area contributed by atoms with Crippen LogP contribution < -0.4 is 15.5 Å². The van der Waals surface area contributed by atoms with Gasteiger partial charge >= 0.3 is 0 Å². The number of sulfonamides is 1. The maximum absolute atomic E-state index is 11.5. The molecular weight excluding hydrogens is 466 g/mol. The number of nitro benzene ring substituents is 1. The number of anilines is 4. The number of hydrogen-bond acceptors (Lipinski definition) is 7. The summed E-state index contributed by atoms with van der Waals surface area (Å²) in [7, 11) is -4.07. The third-order valence-corrected chi connectivity index (χ3v) is 5.98. The van der Waals surface area contributed by atoms with Gasteiger partial charge in [-0.3, -0.25) is 15.5 Å². The summed E-state index contributed by atoms with van der Waals surface area (Å²) < 4.78 is 23.0. The van der Waals surface area contributed by atoms with E-state index in [1.54, 1.807) is 0 Å². The molecule has 4 aromatic rings. The lowest BCUT2D eigenvalue weighted by molar-refractivity contribution is -0.384. The molecule has 9 nitrogen and oxygen atoms in total. The van der Waals surface area contributed by atoms with Crippen molar-refractivity contribution in [2.24, 2.45) is 10.2 Å². The highest BCUT2D eigenvalue weighted by Crippen LogP contribution is 2.34. The van der Waals surface area contributed by atoms with E-state index in [0.29, 0.717) is 0 Å². The number of para-hydroxylation sites is 2. The summed E-state index contributed by atoms with van der Waals surface area (Å²) in [5.41, 5.74) is 5.90. The van der Waals surface area contributed by atoms with Crippen LogP contribution in [0.25, 0.3) is 0 Å². The SMILES string of the molecule is NS(=O)(=O)c1ccc(N/N=C/c2ccc(N(c3ccccc3)c3ccccc3)cc2)c([N+](=O)[O-])c1. The molecule has 0 unspecified atom stereocenters. The highest BCUT2D eigenvalue weighted by molar-refractivity contribution is 7.89. The maximum atomic E-state index is 11.5. The molecule has 0 saturated carbocycles. The van der Waals surface area contributed by atoms with E-state index in [1.165, 1.54) is 18.3 Å². The van der Waals surface area contributed by atoms with E-state index in [-0.39, 0.29) is 10.6 Å². The monoisotopic (exact) mass is 487 g/mol. The van der Waals surface area contributed by atoms with Crippen molar-refractivity contribution in [3.8, 4) is 0 Å². The number of nitrogens with zero attached hydrogens (tertiary/aromatic N) is 3. The Hall–Kier alpha value is -4.54. The predicted octanol–water partition coefficient (Wildman–Crippen LogP) is 5.16. The molecule has 0 aromatic heterocycles. The lowest BCUT2D eigenvalue weighted by atomic mass is 10.1. The average molecular weight is 488 g/mol. The molecule has 0 aliphatic carbocycles. The quantitative estimate of drug-likeness (QED) is 0.201. The lowest BCUT2D eigenvalue weighted by Crippen LogP contribution is -2.12. The van der Waals surface area contributed by atoms with Gasteiger partial charge in [0.15, 0.2) is 0 Å². The Morgan fingerprint density at radius 1 is 0.829 bits per heavy atom. The van der Waals surface area contributed by atoms with Gasteiger partial charge in [0.25, 0.3) is 5.69 Å². The van der Waals surface area contributed by atoms with Crippen LogP contribution in [0, 0.1) is 10.1 Å². The Kier molecular flexibility index (Phi) is 6.86. The molecular formula is C25H21N5O4S. The van der Waals surface area contributed by atoms with Crippen LogP contribution in [0.2, 0.25) is 0 Å². The summed E-state index contributed by atoms with van der Waals surface area (Å²) >= 11 is 0. The second kappa shape index (κ2) is 10.2. The summed E-state index contributed by atoms with van der Waals surface area (Å²) in [4.78, 5) is 12.4. The minimum absolute atomic E-state index is 0.0367. The highest BCUT2D eigenvalue weighted by Gasteiger charge is 2.19. The smallest absolute Gasteiger partial charge is 0.295 e. The van der Waals surface area contributed by atoms with Gasteiger partial charge in [0, 0.05) is 23.1 Å². The topological polar surface area (TPSA) is 131 Å². The van der Waals surface area contributed by atoms with Gasteiger partial charge in [-0.15, -0.1) is 0 Å². The Morgan fingerprint density at radius 3 is 1.89 bits per heavy atom. The third-order valence-electron chi connectivity index (χ3n) is 5.07. The van der Waals surface area contributed by atoms with Gasteiger partial charge in [-0.2, -0.15) is 5.10 Å². The van der Waals surface area contributed by atoms with Gasteiger partial charge < -0.3 is 4.90 Å². The molecule has 176 valence electrons. The first-order valence-electron chi connectivity index (χ1n) is 10.4. The standard InChI is InChI=1S/C25H21N5O4S/c26-35(33,34)23-15-16-24(25(17-23)30(31)32)28-27-18-19-11-13-22(14-12-19)29(20-7-3-1-4-8-20)21-9-5-2-6-10-21/h1-18,28H,(H2,26,33,34)/b27-18+. The predicted molar refractivity (Wildman–Crippen MR) is 137 cm³/mol. The van der Waals surface area contributed by atoms with E-state index < -0.39 is 20.6 Å². The normalized spacial score (nSPS) is 11.3. The number of hydrogen-bond donors (Lipinski definition) is 2. The fourth-order valence-electron chi connectivity index (χ4n) is 3.42. The van der Waals surface area contributed by atoms with Crippen molar-refractivity contribution in [2.75, 3.05) is 10.3 Å². The molecule has 0 amide bonds. The molecule has 0 heterocycles. The number of benzene rings is 4. The van der Waals surface area contributed by atoms with Crippen LogP contribution >= 0.6 is 0 Å². The van der Waals surface area contributed by atoms with Crippen LogP contribution in [-0.2, 0) is 10.0 Å². The zero-order valence-corrected chi connectivity index (χ0v) is 19.2. The zero-order valence-electron chi connectivity index (χ0n) is 18.4. The first kappa shape index (κ1) is 23.6. The van der Waals surface area contributed by atoms with E-state index in [2.05, 4.69) is 15.4 Å². The van der Waals surface area contributed by atoms with Crippen LogP contribution in [0.15, 0.2) is 113 Å². The molecule has 4 aromatic carbocycles. The number of nitrogens with two attached hydrogens (primary N) is 1. The lowest BCUT2D eigenvalue weighted by Gasteiger charge is -2.25. The molecule has 0 atom stereocenters. The highest BCUT2D eigenvalue weighted by atomic mass is 32.2. The molecule has 35 heavy (non-hydrogen) atoms. The van der Waals surface area contributed by atoms with Crippen LogP contribution in [0.5, 0.6) is 0 Å². The van der Waals surface area contributed by atoms with E-state index >= 15 is 0 Å². The van der Waals surface area contributed by atoms with E-state index in [9.17, 15) is 18.5 Å². The molecule has 0 bridgehead atoms. The number of primary sulfonamides is 1. The molecule has 10 heteroatoms. The number of nitro groups is 1. The molecule has 0 saturated heterocycles. The van der Waals surface area contributed by atoms with Crippen LogP contribution in [0.1, 0.15) is 5.56 Å². The minimum atomic E-state index is -4.07. The molecule has 0 spiro atoms. The second-order valence-corrected chi connectivity index (χ2v) is 9.01. The second-order valence-electron chi connectivity index (χ2n) is 7.45. The number of nitrogens with one attached hydrogen (secondary N) is 1. The summed E-state index contributed by atoms with van der Waals surface area (Å²) in [6.45, 7) is 0. The van der Waals surface area contributed by atoms with Gasteiger partial charge in [0.05, 0.1) is 16.0 Å². The average Bonchev–Trinajstić information content (AvgIpc) is 2.86. The molecule has 0 aliphatic rings. The van der Waals surface area contributed by atoms with Crippen molar-refractivity contribution in [3.63, 3.8) is 0 Å². The van der Waals surface area contributed by atoms with Gasteiger partial charge in [0.1, 0.15) is 5.69 Å².